The van der Waals surface area contributed by atoms with E-state index in [1.165, 1.54) is 7.11 Å². The number of hydrogen-bond acceptors (Lipinski definition) is 9. The van der Waals surface area contributed by atoms with Gasteiger partial charge in [0.15, 0.2) is 17.3 Å². The first-order chi connectivity index (χ1) is 12.0. The predicted molar refractivity (Wildman–Crippen MR) is 91.2 cm³/mol. The minimum absolute atomic E-state index is 0.0399. The molecule has 0 unspecified atom stereocenters. The van der Waals surface area contributed by atoms with Crippen molar-refractivity contribution in [1.29, 1.82) is 5.26 Å². The maximum absolute atomic E-state index is 9.52. The van der Waals surface area contributed by atoms with Crippen molar-refractivity contribution in [2.45, 2.75) is 0 Å². The summed E-state index contributed by atoms with van der Waals surface area (Å²) in [4.78, 5) is 14.0. The number of aromatic nitrogens is 3. The molecule has 1 aromatic carbocycles. The van der Waals surface area contributed by atoms with Crippen molar-refractivity contribution < 1.29 is 14.2 Å². The van der Waals surface area contributed by atoms with E-state index in [1.807, 2.05) is 0 Å². The van der Waals surface area contributed by atoms with Crippen LogP contribution in [0.15, 0.2) is 12.1 Å². The summed E-state index contributed by atoms with van der Waals surface area (Å²) >= 11 is 0. The first-order valence-corrected chi connectivity index (χ1v) is 7.30. The molecule has 9 nitrogen and oxygen atoms in total. The maximum atomic E-state index is 9.52. The number of nitrogens with zero attached hydrogens (tertiary/aromatic N) is 5. The fourth-order valence-electron chi connectivity index (χ4n) is 2.25. The summed E-state index contributed by atoms with van der Waals surface area (Å²) in [7, 11) is 5.08. The van der Waals surface area contributed by atoms with Crippen LogP contribution < -0.4 is 24.8 Å². The minimum Gasteiger partial charge on any atom is -0.493 e. The van der Waals surface area contributed by atoms with Crippen molar-refractivity contribution in [3.05, 3.63) is 23.5 Å². The van der Waals surface area contributed by atoms with Gasteiger partial charge in [-0.3, -0.25) is 0 Å². The Labute approximate surface area is 144 Å². The van der Waals surface area contributed by atoms with E-state index in [0.29, 0.717) is 28.8 Å². The van der Waals surface area contributed by atoms with Gasteiger partial charge in [0.05, 0.1) is 12.7 Å². The highest BCUT2D eigenvalue weighted by atomic mass is 16.7. The van der Waals surface area contributed by atoms with Gasteiger partial charge in [0, 0.05) is 14.1 Å². The van der Waals surface area contributed by atoms with Gasteiger partial charge in [-0.25, -0.2) is 0 Å². The third-order valence-corrected chi connectivity index (χ3v) is 3.39. The molecule has 0 saturated carbocycles. The van der Waals surface area contributed by atoms with Crippen LogP contribution in [-0.2, 0) is 0 Å². The Balaban J connectivity index is 2.06. The zero-order valence-electron chi connectivity index (χ0n) is 14.0. The van der Waals surface area contributed by atoms with Gasteiger partial charge >= 0.3 is 0 Å². The molecule has 2 aromatic rings. The Morgan fingerprint density at radius 3 is 2.80 bits per heavy atom. The molecule has 25 heavy (non-hydrogen) atoms. The second-order valence-electron chi connectivity index (χ2n) is 5.34. The number of nitrogen functional groups attached to an aromatic ring is 1. The Morgan fingerprint density at radius 1 is 1.32 bits per heavy atom. The molecular formula is C16H16N6O3. The molecular weight excluding hydrogens is 324 g/mol. The van der Waals surface area contributed by atoms with Gasteiger partial charge in [-0.05, 0) is 23.8 Å². The smallest absolute Gasteiger partial charge is 0.231 e. The van der Waals surface area contributed by atoms with Crippen LogP contribution >= 0.6 is 0 Å². The van der Waals surface area contributed by atoms with Crippen molar-refractivity contribution in [2.75, 3.05) is 38.6 Å². The highest BCUT2D eigenvalue weighted by molar-refractivity contribution is 5.88. The number of methoxy groups -OCH3 is 1. The summed E-state index contributed by atoms with van der Waals surface area (Å²) in [6.45, 7) is 0.125. The first kappa shape index (κ1) is 16.3. The van der Waals surface area contributed by atoms with Gasteiger partial charge in [-0.2, -0.15) is 20.2 Å². The quantitative estimate of drug-likeness (QED) is 0.821. The lowest BCUT2D eigenvalue weighted by Gasteiger charge is -2.11. The van der Waals surface area contributed by atoms with Gasteiger partial charge in [-0.1, -0.05) is 0 Å². The topological polar surface area (TPSA) is 119 Å². The molecule has 0 radical (unpaired) electrons. The van der Waals surface area contributed by atoms with Crippen molar-refractivity contribution in [2.24, 2.45) is 0 Å². The number of anilines is 2. The number of ether oxygens (including phenoxy) is 3. The zero-order chi connectivity index (χ0) is 18.0. The predicted octanol–water partition coefficient (Wildman–Crippen LogP) is 1.32. The summed E-state index contributed by atoms with van der Waals surface area (Å²) in [5.74, 6) is 2.20. The lowest BCUT2D eigenvalue weighted by Crippen LogP contribution is -2.15. The lowest BCUT2D eigenvalue weighted by atomic mass is 10.1. The number of hydrogen-bond donors (Lipinski definition) is 1. The monoisotopic (exact) mass is 340 g/mol. The van der Waals surface area contributed by atoms with Crippen LogP contribution in [0.1, 0.15) is 11.4 Å². The van der Waals surface area contributed by atoms with Crippen LogP contribution in [0.25, 0.3) is 11.6 Å². The maximum Gasteiger partial charge on any atom is 0.231 e. The Morgan fingerprint density at radius 2 is 2.12 bits per heavy atom. The molecule has 2 heterocycles. The highest BCUT2D eigenvalue weighted by Crippen LogP contribution is 2.42. The van der Waals surface area contributed by atoms with Crippen LogP contribution in [0.3, 0.4) is 0 Å². The molecule has 128 valence electrons. The van der Waals surface area contributed by atoms with Crippen LogP contribution in [0, 0.1) is 11.3 Å². The lowest BCUT2D eigenvalue weighted by molar-refractivity contribution is 0.171. The number of fused-ring (bicyclic) bond motifs is 1. The molecule has 0 atom stereocenters. The van der Waals surface area contributed by atoms with Crippen molar-refractivity contribution in [1.82, 2.24) is 15.0 Å². The van der Waals surface area contributed by atoms with Gasteiger partial charge in [0.1, 0.15) is 6.07 Å². The summed E-state index contributed by atoms with van der Waals surface area (Å²) < 4.78 is 16.1. The SMILES string of the molecule is COc1cc(/C=C(/C#N)c2nc(N)nc(N(C)C)n2)cc2c1OCO2. The molecule has 0 bridgehead atoms. The number of nitriles is 1. The van der Waals surface area contributed by atoms with Crippen LogP contribution in [0.5, 0.6) is 17.2 Å². The van der Waals surface area contributed by atoms with Crippen molar-refractivity contribution in [3.8, 4) is 23.3 Å². The van der Waals surface area contributed by atoms with Gasteiger partial charge in [0.2, 0.25) is 24.4 Å². The van der Waals surface area contributed by atoms with Crippen LogP contribution in [0.2, 0.25) is 0 Å². The Bertz CT molecular complexity index is 888. The standard InChI is InChI=1S/C16H16N6O3/c1-22(2)16-20-14(19-15(18)21-16)10(7-17)4-9-5-11(23-3)13-12(6-9)24-8-25-13/h4-6H,8H2,1-3H3,(H2,18,19,20,21)/b10-4-. The second-order valence-corrected chi connectivity index (χ2v) is 5.34. The Hall–Kier alpha value is -3.54. The summed E-state index contributed by atoms with van der Waals surface area (Å²) in [5.41, 5.74) is 6.64. The molecule has 2 N–H and O–H groups in total. The van der Waals surface area contributed by atoms with E-state index in [-0.39, 0.29) is 24.1 Å². The molecule has 1 aliphatic rings. The van der Waals surface area contributed by atoms with E-state index >= 15 is 0 Å². The van der Waals surface area contributed by atoms with Crippen LogP contribution in [-0.4, -0.2) is 43.0 Å². The minimum atomic E-state index is 0.0399. The molecule has 9 heteroatoms. The number of rotatable bonds is 4. The zero-order valence-corrected chi connectivity index (χ0v) is 14.0. The average Bonchev–Trinajstić information content (AvgIpc) is 3.06. The van der Waals surface area contributed by atoms with E-state index in [1.54, 1.807) is 37.2 Å². The molecule has 1 aromatic heterocycles. The van der Waals surface area contributed by atoms with E-state index in [4.69, 9.17) is 19.9 Å². The normalized spacial score (nSPS) is 12.6. The largest absolute Gasteiger partial charge is 0.493 e. The van der Waals surface area contributed by atoms with Crippen molar-refractivity contribution >= 4 is 23.5 Å². The van der Waals surface area contributed by atoms with Gasteiger partial charge < -0.3 is 24.8 Å². The van der Waals surface area contributed by atoms with E-state index in [0.717, 1.165) is 0 Å². The third kappa shape index (κ3) is 3.23. The fourth-order valence-corrected chi connectivity index (χ4v) is 2.25. The summed E-state index contributed by atoms with van der Waals surface area (Å²) in [6, 6.07) is 5.57. The summed E-state index contributed by atoms with van der Waals surface area (Å²) in [6.07, 6.45) is 1.62. The molecule has 1 aliphatic heterocycles. The number of allylic oxidation sites excluding steroid dienone is 1. The first-order valence-electron chi connectivity index (χ1n) is 7.30. The Kier molecular flexibility index (Phi) is 4.26. The van der Waals surface area contributed by atoms with E-state index in [9.17, 15) is 5.26 Å². The molecule has 0 aliphatic carbocycles. The summed E-state index contributed by atoms with van der Waals surface area (Å²) in [5, 5.41) is 9.52. The number of benzene rings is 1. The average molecular weight is 340 g/mol. The number of nitrogens with two attached hydrogens (primary N) is 1. The van der Waals surface area contributed by atoms with Gasteiger partial charge in [-0.15, -0.1) is 0 Å². The fraction of sp³-hybridized carbons (Fsp3) is 0.250. The molecule has 0 saturated heterocycles. The second kappa shape index (κ2) is 6.52. The highest BCUT2D eigenvalue weighted by Gasteiger charge is 2.20. The molecule has 0 amide bonds. The van der Waals surface area contributed by atoms with Gasteiger partial charge in [0.25, 0.3) is 0 Å². The van der Waals surface area contributed by atoms with Crippen molar-refractivity contribution in [3.63, 3.8) is 0 Å². The van der Waals surface area contributed by atoms with E-state index < -0.39 is 0 Å². The van der Waals surface area contributed by atoms with Crippen LogP contribution in [0.4, 0.5) is 11.9 Å². The molecule has 0 spiro atoms. The molecule has 0 fully saturated rings. The third-order valence-electron chi connectivity index (χ3n) is 3.39. The van der Waals surface area contributed by atoms with E-state index in [2.05, 4.69) is 21.0 Å². The molecule has 3 rings (SSSR count).